The van der Waals surface area contributed by atoms with E-state index in [-0.39, 0.29) is 12.3 Å². The van der Waals surface area contributed by atoms with E-state index in [2.05, 4.69) is 12.1 Å². The minimum atomic E-state index is -0.359. The van der Waals surface area contributed by atoms with Crippen LogP contribution < -0.4 is 14.2 Å². The normalized spacial score (nSPS) is 20.7. The second-order valence-electron chi connectivity index (χ2n) is 7.75. The van der Waals surface area contributed by atoms with E-state index in [0.29, 0.717) is 18.8 Å². The van der Waals surface area contributed by atoms with E-state index in [9.17, 15) is 0 Å². The third kappa shape index (κ3) is 2.98. The molecule has 6 rings (SSSR count). The maximum Gasteiger partial charge on any atom is 0.213 e. The molecule has 0 aliphatic carbocycles. The average molecular weight is 409 g/mol. The first-order valence-corrected chi connectivity index (χ1v) is 10.3. The zero-order valence-electron chi connectivity index (χ0n) is 16.7. The van der Waals surface area contributed by atoms with Gasteiger partial charge in [-0.3, -0.25) is 0 Å². The predicted octanol–water partition coefficient (Wildman–Crippen LogP) is 4.57. The lowest BCUT2D eigenvalue weighted by molar-refractivity contribution is -0.0190. The fourth-order valence-electron chi connectivity index (χ4n) is 4.37. The minimum absolute atomic E-state index is 0.0776. The highest BCUT2D eigenvalue weighted by molar-refractivity contribution is 6.02. The number of ether oxygens (including phenoxy) is 3. The van der Waals surface area contributed by atoms with Crippen molar-refractivity contribution in [2.45, 2.75) is 18.7 Å². The number of hydrazone groups is 1. The molecule has 0 N–H and O–H groups in total. The molecule has 0 aromatic heterocycles. The molecule has 3 aromatic rings. The molecule has 2 atom stereocenters. The maximum atomic E-state index is 9.13. The molecule has 0 spiro atoms. The number of fused-ring (bicyclic) bond motifs is 4. The molecule has 0 fully saturated rings. The lowest BCUT2D eigenvalue weighted by Gasteiger charge is -2.38. The highest BCUT2D eigenvalue weighted by Crippen LogP contribution is 2.47. The Labute approximate surface area is 179 Å². The fourth-order valence-corrected chi connectivity index (χ4v) is 4.37. The SMILES string of the molecule is N#Cc1ccc([C@@H]2Oc3ccccc3[C@@H]3CC(c4ccc5c(c4)OCCO5)=NN32)cc1. The molecule has 152 valence electrons. The maximum absolute atomic E-state index is 9.13. The van der Waals surface area contributed by atoms with Crippen molar-refractivity contribution in [2.75, 3.05) is 13.2 Å². The highest BCUT2D eigenvalue weighted by Gasteiger charge is 2.41. The van der Waals surface area contributed by atoms with Gasteiger partial charge < -0.3 is 14.2 Å². The van der Waals surface area contributed by atoms with Crippen LogP contribution in [0.25, 0.3) is 0 Å². The van der Waals surface area contributed by atoms with Crippen molar-refractivity contribution in [1.29, 1.82) is 5.26 Å². The lowest BCUT2D eigenvalue weighted by atomic mass is 9.95. The van der Waals surface area contributed by atoms with Gasteiger partial charge >= 0.3 is 0 Å². The van der Waals surface area contributed by atoms with Crippen LogP contribution in [0.1, 0.15) is 40.9 Å². The fraction of sp³-hybridized carbons (Fsp3) is 0.200. The summed E-state index contributed by atoms with van der Waals surface area (Å²) in [6.07, 6.45) is 0.412. The predicted molar refractivity (Wildman–Crippen MR) is 114 cm³/mol. The van der Waals surface area contributed by atoms with Gasteiger partial charge in [0.05, 0.1) is 23.4 Å². The molecule has 0 saturated carbocycles. The van der Waals surface area contributed by atoms with Crippen molar-refractivity contribution in [3.05, 3.63) is 89.0 Å². The van der Waals surface area contributed by atoms with Crippen molar-refractivity contribution < 1.29 is 14.2 Å². The number of para-hydroxylation sites is 1. The third-order valence-corrected chi connectivity index (χ3v) is 5.90. The number of benzene rings is 3. The first-order chi connectivity index (χ1) is 15.3. The first kappa shape index (κ1) is 17.8. The van der Waals surface area contributed by atoms with E-state index >= 15 is 0 Å². The summed E-state index contributed by atoms with van der Waals surface area (Å²) in [7, 11) is 0. The van der Waals surface area contributed by atoms with Gasteiger partial charge in [-0.25, -0.2) is 5.01 Å². The number of rotatable bonds is 2. The summed E-state index contributed by atoms with van der Waals surface area (Å²) in [6, 6.07) is 23.9. The largest absolute Gasteiger partial charge is 0.486 e. The molecule has 3 aromatic carbocycles. The Hall–Kier alpha value is -3.98. The van der Waals surface area contributed by atoms with Crippen LogP contribution in [0.4, 0.5) is 0 Å². The van der Waals surface area contributed by atoms with Crippen LogP contribution in [0, 0.1) is 11.3 Å². The second-order valence-corrected chi connectivity index (χ2v) is 7.75. The van der Waals surface area contributed by atoms with E-state index in [1.807, 2.05) is 65.7 Å². The summed E-state index contributed by atoms with van der Waals surface area (Å²) in [5.41, 5.74) is 4.73. The van der Waals surface area contributed by atoms with Crippen molar-refractivity contribution in [2.24, 2.45) is 5.10 Å². The molecule has 6 nitrogen and oxygen atoms in total. The second kappa shape index (κ2) is 7.06. The monoisotopic (exact) mass is 409 g/mol. The van der Waals surface area contributed by atoms with Crippen LogP contribution >= 0.6 is 0 Å². The van der Waals surface area contributed by atoms with Gasteiger partial charge in [-0.15, -0.1) is 0 Å². The Kier molecular flexibility index (Phi) is 4.07. The molecular weight excluding hydrogens is 390 g/mol. The number of nitriles is 1. The van der Waals surface area contributed by atoms with Crippen LogP contribution in [-0.2, 0) is 0 Å². The summed E-state index contributed by atoms with van der Waals surface area (Å²) in [6.45, 7) is 1.13. The van der Waals surface area contributed by atoms with E-state index in [4.69, 9.17) is 24.6 Å². The standard InChI is InChI=1S/C25H19N3O3/c26-15-16-5-7-17(8-6-16)25-28-21(19-3-1-2-4-22(19)31-25)14-20(27-28)18-9-10-23-24(13-18)30-12-11-29-23/h1-10,13,21,25H,11-12,14H2/t21-,25-/m0/s1. The van der Waals surface area contributed by atoms with E-state index < -0.39 is 0 Å². The van der Waals surface area contributed by atoms with Gasteiger partial charge in [-0.1, -0.05) is 30.3 Å². The van der Waals surface area contributed by atoms with Crippen LogP contribution in [0.15, 0.2) is 71.8 Å². The van der Waals surface area contributed by atoms with Gasteiger partial charge in [-0.2, -0.15) is 10.4 Å². The molecule has 3 aliphatic heterocycles. The van der Waals surface area contributed by atoms with E-state index in [1.165, 1.54) is 0 Å². The Morgan fingerprint density at radius 3 is 2.55 bits per heavy atom. The Morgan fingerprint density at radius 1 is 0.903 bits per heavy atom. The van der Waals surface area contributed by atoms with E-state index in [0.717, 1.165) is 46.1 Å². The summed E-state index contributed by atoms with van der Waals surface area (Å²) in [5.74, 6) is 2.41. The van der Waals surface area contributed by atoms with Crippen LogP contribution in [-0.4, -0.2) is 23.9 Å². The van der Waals surface area contributed by atoms with Gasteiger partial charge in [0.2, 0.25) is 6.23 Å². The van der Waals surface area contributed by atoms with Crippen LogP contribution in [0.2, 0.25) is 0 Å². The quantitative estimate of drug-likeness (QED) is 0.620. The third-order valence-electron chi connectivity index (χ3n) is 5.90. The Bertz CT molecular complexity index is 1230. The zero-order chi connectivity index (χ0) is 20.8. The Morgan fingerprint density at radius 2 is 1.71 bits per heavy atom. The van der Waals surface area contributed by atoms with Crippen molar-refractivity contribution >= 4 is 5.71 Å². The molecule has 0 saturated heterocycles. The van der Waals surface area contributed by atoms with Gasteiger partial charge in [0.25, 0.3) is 0 Å². The minimum Gasteiger partial charge on any atom is -0.486 e. The summed E-state index contributed by atoms with van der Waals surface area (Å²) in [4.78, 5) is 0. The molecule has 0 unspecified atom stereocenters. The summed E-state index contributed by atoms with van der Waals surface area (Å²) >= 11 is 0. The smallest absolute Gasteiger partial charge is 0.213 e. The molecule has 0 bridgehead atoms. The van der Waals surface area contributed by atoms with Crippen LogP contribution in [0.3, 0.4) is 0 Å². The molecule has 0 amide bonds. The molecule has 0 radical (unpaired) electrons. The molecule has 3 heterocycles. The summed E-state index contributed by atoms with van der Waals surface area (Å²) < 4.78 is 17.8. The van der Waals surface area contributed by atoms with Gasteiger partial charge in [-0.05, 0) is 36.4 Å². The molecule has 31 heavy (non-hydrogen) atoms. The van der Waals surface area contributed by atoms with Crippen molar-refractivity contribution in [3.8, 4) is 23.3 Å². The summed E-state index contributed by atoms with van der Waals surface area (Å²) in [5, 5.41) is 16.2. The zero-order valence-corrected chi connectivity index (χ0v) is 16.7. The number of nitrogens with zero attached hydrogens (tertiary/aromatic N) is 3. The highest BCUT2D eigenvalue weighted by atomic mass is 16.6. The van der Waals surface area contributed by atoms with Gasteiger partial charge in [0.15, 0.2) is 11.5 Å². The van der Waals surface area contributed by atoms with Crippen LogP contribution in [0.5, 0.6) is 17.2 Å². The van der Waals surface area contributed by atoms with Crippen molar-refractivity contribution in [1.82, 2.24) is 5.01 Å². The van der Waals surface area contributed by atoms with Crippen molar-refractivity contribution in [3.63, 3.8) is 0 Å². The first-order valence-electron chi connectivity index (χ1n) is 10.3. The lowest BCUT2D eigenvalue weighted by Crippen LogP contribution is -2.33. The molecule has 3 aliphatic rings. The molecular formula is C25H19N3O3. The van der Waals surface area contributed by atoms with Gasteiger partial charge in [0, 0.05) is 23.1 Å². The topological polar surface area (TPSA) is 67.1 Å². The molecule has 6 heteroatoms. The Balaban J connectivity index is 1.40. The number of hydrogen-bond acceptors (Lipinski definition) is 6. The number of hydrogen-bond donors (Lipinski definition) is 0. The average Bonchev–Trinajstić information content (AvgIpc) is 3.29. The van der Waals surface area contributed by atoms with E-state index in [1.54, 1.807) is 0 Å². The van der Waals surface area contributed by atoms with Gasteiger partial charge in [0.1, 0.15) is 19.0 Å².